The van der Waals surface area contributed by atoms with Gasteiger partial charge in [-0.3, -0.25) is 14.9 Å². The van der Waals surface area contributed by atoms with Crippen molar-refractivity contribution in [2.75, 3.05) is 27.2 Å². The van der Waals surface area contributed by atoms with Crippen molar-refractivity contribution in [2.45, 2.75) is 32.2 Å². The van der Waals surface area contributed by atoms with Crippen molar-refractivity contribution in [1.82, 2.24) is 15.5 Å². The summed E-state index contributed by atoms with van der Waals surface area (Å²) in [5.74, 6) is -0.289. The van der Waals surface area contributed by atoms with E-state index in [9.17, 15) is 9.59 Å². The van der Waals surface area contributed by atoms with E-state index in [1.807, 2.05) is 11.4 Å². The summed E-state index contributed by atoms with van der Waals surface area (Å²) >= 11 is 1.67. The molecule has 0 bridgehead atoms. The van der Waals surface area contributed by atoms with Crippen LogP contribution in [-0.2, 0) is 16.0 Å². The number of benzene rings is 1. The van der Waals surface area contributed by atoms with E-state index in [1.165, 1.54) is 23.3 Å². The summed E-state index contributed by atoms with van der Waals surface area (Å²) in [6, 6.07) is 12.7. The number of nitrogens with one attached hydrogen (secondary N) is 2. The molecular formula is C21H29N3O2S. The second kappa shape index (κ2) is 10.8. The molecule has 1 atom stereocenters. The van der Waals surface area contributed by atoms with Gasteiger partial charge in [-0.15, -0.1) is 11.3 Å². The molecule has 0 saturated heterocycles. The zero-order valence-electron chi connectivity index (χ0n) is 16.3. The van der Waals surface area contributed by atoms with Gasteiger partial charge in [-0.05, 0) is 35.4 Å². The number of carbonyl (C=O) groups is 2. The van der Waals surface area contributed by atoms with Crippen molar-refractivity contribution in [3.05, 3.63) is 57.8 Å². The molecule has 1 aromatic heterocycles. The fourth-order valence-electron chi connectivity index (χ4n) is 2.80. The maximum atomic E-state index is 12.4. The Morgan fingerprint density at radius 2 is 1.93 bits per heavy atom. The molecule has 2 aromatic rings. The number of hydrogen-bond donors (Lipinski definition) is 2. The molecule has 5 nitrogen and oxygen atoms in total. The van der Waals surface area contributed by atoms with Crippen LogP contribution < -0.4 is 10.6 Å². The monoisotopic (exact) mass is 387 g/mol. The van der Waals surface area contributed by atoms with Crippen LogP contribution in [0.15, 0.2) is 41.8 Å². The van der Waals surface area contributed by atoms with Crippen LogP contribution in [0.25, 0.3) is 0 Å². The Kier molecular flexibility index (Phi) is 8.48. The van der Waals surface area contributed by atoms with E-state index < -0.39 is 0 Å². The van der Waals surface area contributed by atoms with E-state index in [4.69, 9.17) is 0 Å². The molecular weight excluding hydrogens is 358 g/mol. The second-order valence-electron chi connectivity index (χ2n) is 6.60. The van der Waals surface area contributed by atoms with Gasteiger partial charge in [0.1, 0.15) is 0 Å². The van der Waals surface area contributed by atoms with Gasteiger partial charge < -0.3 is 10.2 Å². The minimum absolute atomic E-state index is 0.0393. The summed E-state index contributed by atoms with van der Waals surface area (Å²) in [5.41, 5.74) is 2.48. The number of unbranched alkanes of at least 4 members (excludes halogenated alkanes) is 1. The highest BCUT2D eigenvalue weighted by molar-refractivity contribution is 7.10. The lowest BCUT2D eigenvalue weighted by Crippen LogP contribution is -2.42. The van der Waals surface area contributed by atoms with Crippen molar-refractivity contribution < 1.29 is 9.59 Å². The standard InChI is InChI=1S/C21H29N3O2S/c1-4-5-7-16-9-11-17(12-10-16)21(18-8-6-13-27-18)23-14-20(26)24(3)15-19(25)22-2/h6,8-13,21,23H,4-5,7,14-15H2,1-3H3,(H,22,25)/t21-/m0/s1. The minimum atomic E-state index is -0.177. The Bertz CT molecular complexity index is 714. The molecule has 0 aliphatic carbocycles. The first-order valence-corrected chi connectivity index (χ1v) is 10.2. The van der Waals surface area contributed by atoms with E-state index in [-0.39, 0.29) is 30.9 Å². The van der Waals surface area contributed by atoms with Crippen LogP contribution in [0.3, 0.4) is 0 Å². The number of carbonyl (C=O) groups excluding carboxylic acids is 2. The van der Waals surface area contributed by atoms with Crippen LogP contribution in [0, 0.1) is 0 Å². The second-order valence-corrected chi connectivity index (χ2v) is 7.58. The molecule has 0 spiro atoms. The third-order valence-electron chi connectivity index (χ3n) is 4.50. The summed E-state index contributed by atoms with van der Waals surface area (Å²) in [5, 5.41) is 7.93. The van der Waals surface area contributed by atoms with Crippen LogP contribution in [0.2, 0.25) is 0 Å². The molecule has 0 unspecified atom stereocenters. The first kappa shape index (κ1) is 21.1. The van der Waals surface area contributed by atoms with Gasteiger partial charge in [0.05, 0.1) is 19.1 Å². The number of aryl methyl sites for hydroxylation is 1. The smallest absolute Gasteiger partial charge is 0.239 e. The van der Waals surface area contributed by atoms with Crippen molar-refractivity contribution in [3.8, 4) is 0 Å². The predicted molar refractivity (Wildman–Crippen MR) is 111 cm³/mol. The Morgan fingerprint density at radius 3 is 2.52 bits per heavy atom. The molecule has 0 aliphatic heterocycles. The van der Waals surface area contributed by atoms with Gasteiger partial charge in [0.15, 0.2) is 0 Å². The number of nitrogens with zero attached hydrogens (tertiary/aromatic N) is 1. The molecule has 2 rings (SSSR count). The minimum Gasteiger partial charge on any atom is -0.358 e. The number of amides is 2. The lowest BCUT2D eigenvalue weighted by atomic mass is 10.0. The zero-order chi connectivity index (χ0) is 19.6. The van der Waals surface area contributed by atoms with Crippen LogP contribution >= 0.6 is 11.3 Å². The van der Waals surface area contributed by atoms with Gasteiger partial charge in [-0.2, -0.15) is 0 Å². The Labute approximate surface area is 165 Å². The van der Waals surface area contributed by atoms with Gasteiger partial charge in [0.25, 0.3) is 0 Å². The summed E-state index contributed by atoms with van der Waals surface area (Å²) in [6.07, 6.45) is 3.47. The van der Waals surface area contributed by atoms with Gasteiger partial charge >= 0.3 is 0 Å². The molecule has 2 amide bonds. The first-order chi connectivity index (χ1) is 13.0. The average Bonchev–Trinajstić information content (AvgIpc) is 3.21. The number of rotatable bonds is 10. The first-order valence-electron chi connectivity index (χ1n) is 9.35. The molecule has 0 saturated carbocycles. The zero-order valence-corrected chi connectivity index (χ0v) is 17.1. The maximum Gasteiger partial charge on any atom is 0.239 e. The fourth-order valence-corrected chi connectivity index (χ4v) is 3.63. The molecule has 6 heteroatoms. The average molecular weight is 388 g/mol. The van der Waals surface area contributed by atoms with E-state index in [0.717, 1.165) is 16.9 Å². The third-order valence-corrected chi connectivity index (χ3v) is 5.44. The predicted octanol–water partition coefficient (Wildman–Crippen LogP) is 2.97. The molecule has 1 aromatic carbocycles. The Hall–Kier alpha value is -2.18. The van der Waals surface area contributed by atoms with E-state index in [1.54, 1.807) is 25.4 Å². The fraction of sp³-hybridized carbons (Fsp3) is 0.429. The highest BCUT2D eigenvalue weighted by Crippen LogP contribution is 2.26. The highest BCUT2D eigenvalue weighted by Gasteiger charge is 2.18. The van der Waals surface area contributed by atoms with Crippen molar-refractivity contribution >= 4 is 23.2 Å². The Balaban J connectivity index is 2.05. The molecule has 2 N–H and O–H groups in total. The van der Waals surface area contributed by atoms with E-state index in [0.29, 0.717) is 0 Å². The summed E-state index contributed by atoms with van der Waals surface area (Å²) in [6.45, 7) is 2.43. The lowest BCUT2D eigenvalue weighted by Gasteiger charge is -2.21. The van der Waals surface area contributed by atoms with Crippen LogP contribution in [0.5, 0.6) is 0 Å². The summed E-state index contributed by atoms with van der Waals surface area (Å²) < 4.78 is 0. The van der Waals surface area contributed by atoms with Gasteiger partial charge in [-0.25, -0.2) is 0 Å². The number of likely N-dealkylation sites (N-methyl/N-ethyl adjacent to an activating group) is 2. The van der Waals surface area contributed by atoms with E-state index in [2.05, 4.69) is 47.9 Å². The number of hydrogen-bond acceptors (Lipinski definition) is 4. The largest absolute Gasteiger partial charge is 0.358 e. The highest BCUT2D eigenvalue weighted by atomic mass is 32.1. The lowest BCUT2D eigenvalue weighted by molar-refractivity contribution is -0.133. The van der Waals surface area contributed by atoms with E-state index >= 15 is 0 Å². The van der Waals surface area contributed by atoms with Gasteiger partial charge in [0, 0.05) is 19.0 Å². The van der Waals surface area contributed by atoms with Crippen LogP contribution in [-0.4, -0.2) is 43.9 Å². The van der Waals surface area contributed by atoms with Crippen molar-refractivity contribution in [1.29, 1.82) is 0 Å². The molecule has 146 valence electrons. The summed E-state index contributed by atoms with van der Waals surface area (Å²) in [7, 11) is 3.21. The summed E-state index contributed by atoms with van der Waals surface area (Å²) in [4.78, 5) is 26.4. The van der Waals surface area contributed by atoms with Gasteiger partial charge in [-0.1, -0.05) is 43.7 Å². The molecule has 0 radical (unpaired) electrons. The third kappa shape index (κ3) is 6.48. The molecule has 0 aliphatic rings. The molecule has 27 heavy (non-hydrogen) atoms. The van der Waals surface area contributed by atoms with Crippen molar-refractivity contribution in [3.63, 3.8) is 0 Å². The number of thiophene rings is 1. The van der Waals surface area contributed by atoms with Crippen LogP contribution in [0.1, 0.15) is 41.8 Å². The maximum absolute atomic E-state index is 12.4. The van der Waals surface area contributed by atoms with Crippen molar-refractivity contribution in [2.24, 2.45) is 0 Å². The SMILES string of the molecule is CCCCc1ccc([C@H](NCC(=O)N(C)CC(=O)NC)c2cccs2)cc1. The van der Waals surface area contributed by atoms with Gasteiger partial charge in [0.2, 0.25) is 11.8 Å². The molecule has 0 fully saturated rings. The quantitative estimate of drug-likeness (QED) is 0.659. The van der Waals surface area contributed by atoms with Crippen LogP contribution in [0.4, 0.5) is 0 Å². The Morgan fingerprint density at radius 1 is 1.19 bits per heavy atom. The normalized spacial score (nSPS) is 11.8. The molecule has 1 heterocycles. The topological polar surface area (TPSA) is 61.4 Å².